The van der Waals surface area contributed by atoms with Crippen molar-refractivity contribution in [2.45, 2.75) is 26.0 Å². The van der Waals surface area contributed by atoms with Gasteiger partial charge in [0.1, 0.15) is 0 Å². The fourth-order valence-corrected chi connectivity index (χ4v) is 2.46. The second-order valence-corrected chi connectivity index (χ2v) is 4.40. The lowest BCUT2D eigenvalue weighted by molar-refractivity contribution is 1.16. The minimum absolute atomic E-state index is 0.817. The fraction of sp³-hybridized carbons (Fsp3) is 0.400. The molecule has 0 fully saturated rings. The first-order valence-electron chi connectivity index (χ1n) is 4.59. The van der Waals surface area contributed by atoms with E-state index in [-0.39, 0.29) is 0 Å². The zero-order valence-electron chi connectivity index (χ0n) is 7.31. The molecule has 2 rings (SSSR count). The molecule has 12 heavy (non-hydrogen) atoms. The lowest BCUT2D eigenvalue weighted by Crippen LogP contribution is -2.24. The Hall–Kier alpha value is -0.235. The molecule has 0 amide bonds. The highest BCUT2D eigenvalue weighted by Crippen LogP contribution is 2.19. The second kappa shape index (κ2) is 3.25. The highest BCUT2D eigenvalue weighted by Gasteiger charge is 2.23. The molecule has 1 aliphatic rings. The van der Waals surface area contributed by atoms with Crippen molar-refractivity contribution >= 4 is 28.1 Å². The molecular weight excluding hydrogens is 211 g/mol. The van der Waals surface area contributed by atoms with Crippen molar-refractivity contribution in [3.63, 3.8) is 0 Å². The highest BCUT2D eigenvalue weighted by atomic mass is 79.9. The van der Waals surface area contributed by atoms with Gasteiger partial charge in [0.05, 0.1) is 0 Å². The molecule has 2 heteroatoms. The Kier molecular flexibility index (Phi) is 2.27. The van der Waals surface area contributed by atoms with Gasteiger partial charge in [-0.05, 0) is 12.5 Å². The number of benzene rings is 1. The third-order valence-electron chi connectivity index (χ3n) is 2.80. The third kappa shape index (κ3) is 1.33. The summed E-state index contributed by atoms with van der Waals surface area (Å²) >= 11 is 3.52. The summed E-state index contributed by atoms with van der Waals surface area (Å²) in [6.07, 6.45) is 3.91. The zero-order chi connectivity index (χ0) is 8.55. The lowest BCUT2D eigenvalue weighted by Gasteiger charge is -2.04. The van der Waals surface area contributed by atoms with Crippen LogP contribution >= 0.6 is 15.9 Å². The smallest absolute Gasteiger partial charge is 0.0758 e. The highest BCUT2D eigenvalue weighted by molar-refractivity contribution is 9.10. The predicted octanol–water partition coefficient (Wildman–Crippen LogP) is 2.73. The molecule has 0 saturated heterocycles. The number of hydrogen-bond donors (Lipinski definition) is 0. The van der Waals surface area contributed by atoms with Crippen LogP contribution in [0.4, 0.5) is 0 Å². The quantitative estimate of drug-likeness (QED) is 0.642. The molecule has 0 atom stereocenters. The standard InChI is InChI=1S/C10H12BBr/c1-2-11-6-5-8-3-4-9(12)7-10(8)11/h3-4,7H,2,5-6H2,1H3. The summed E-state index contributed by atoms with van der Waals surface area (Å²) in [5.74, 6) is 0. The Morgan fingerprint density at radius 3 is 3.08 bits per heavy atom. The first kappa shape index (κ1) is 8.37. The van der Waals surface area contributed by atoms with E-state index in [0.29, 0.717) is 0 Å². The van der Waals surface area contributed by atoms with E-state index in [2.05, 4.69) is 41.1 Å². The van der Waals surface area contributed by atoms with Crippen molar-refractivity contribution in [2.75, 3.05) is 0 Å². The summed E-state index contributed by atoms with van der Waals surface area (Å²) in [6.45, 7) is 3.10. The largest absolute Gasteiger partial charge is 0.176 e. The summed E-state index contributed by atoms with van der Waals surface area (Å²) < 4.78 is 1.22. The van der Waals surface area contributed by atoms with Crippen molar-refractivity contribution in [1.29, 1.82) is 0 Å². The second-order valence-electron chi connectivity index (χ2n) is 3.49. The molecule has 62 valence electrons. The molecule has 0 spiro atoms. The van der Waals surface area contributed by atoms with E-state index >= 15 is 0 Å². The van der Waals surface area contributed by atoms with E-state index in [1.165, 1.54) is 23.5 Å². The number of halogens is 1. The molecule has 1 aromatic carbocycles. The van der Waals surface area contributed by atoms with E-state index in [9.17, 15) is 0 Å². The van der Waals surface area contributed by atoms with Crippen LogP contribution in [0.5, 0.6) is 0 Å². The van der Waals surface area contributed by atoms with Gasteiger partial charge in [0.25, 0.3) is 0 Å². The summed E-state index contributed by atoms with van der Waals surface area (Å²) in [5, 5.41) is 0. The molecule has 1 aromatic rings. The van der Waals surface area contributed by atoms with Crippen molar-refractivity contribution in [2.24, 2.45) is 0 Å². The molecule has 0 unspecified atom stereocenters. The molecule has 1 heterocycles. The average Bonchev–Trinajstić information content (AvgIpc) is 2.46. The number of hydrogen-bond acceptors (Lipinski definition) is 0. The van der Waals surface area contributed by atoms with Gasteiger partial charge in [0, 0.05) is 4.47 Å². The van der Waals surface area contributed by atoms with Crippen LogP contribution in [0.1, 0.15) is 12.5 Å². The van der Waals surface area contributed by atoms with Crippen molar-refractivity contribution in [3.8, 4) is 0 Å². The summed E-state index contributed by atoms with van der Waals surface area (Å²) in [4.78, 5) is 0. The third-order valence-corrected chi connectivity index (χ3v) is 3.30. The monoisotopic (exact) mass is 222 g/mol. The maximum absolute atomic E-state index is 3.52. The summed E-state index contributed by atoms with van der Waals surface area (Å²) in [6, 6.07) is 6.70. The molecule has 0 aliphatic carbocycles. The van der Waals surface area contributed by atoms with Gasteiger partial charge in [-0.15, -0.1) is 0 Å². The Labute approximate surface area is 82.6 Å². The van der Waals surface area contributed by atoms with Gasteiger partial charge in [-0.3, -0.25) is 0 Å². The van der Waals surface area contributed by atoms with Crippen LogP contribution in [0.25, 0.3) is 0 Å². The van der Waals surface area contributed by atoms with Crippen molar-refractivity contribution < 1.29 is 0 Å². The number of aryl methyl sites for hydroxylation is 1. The van der Waals surface area contributed by atoms with Crippen LogP contribution in [-0.2, 0) is 6.42 Å². The van der Waals surface area contributed by atoms with E-state index in [0.717, 1.165) is 6.71 Å². The first-order valence-corrected chi connectivity index (χ1v) is 5.39. The molecule has 0 saturated carbocycles. The molecule has 0 N–H and O–H groups in total. The molecular formula is C10H12BBr. The van der Waals surface area contributed by atoms with Crippen LogP contribution in [0.3, 0.4) is 0 Å². The lowest BCUT2D eigenvalue weighted by atomic mass is 9.44. The normalized spacial score (nSPS) is 15.0. The SMILES string of the molecule is CCB1CCc2ccc(Br)cc21. The van der Waals surface area contributed by atoms with Crippen LogP contribution in [0, 0.1) is 0 Å². The summed E-state index contributed by atoms with van der Waals surface area (Å²) in [7, 11) is 0. The Morgan fingerprint density at radius 1 is 1.50 bits per heavy atom. The summed E-state index contributed by atoms with van der Waals surface area (Å²) in [5.41, 5.74) is 3.14. The van der Waals surface area contributed by atoms with E-state index in [1.807, 2.05) is 0 Å². The van der Waals surface area contributed by atoms with E-state index < -0.39 is 0 Å². The Balaban J connectivity index is 2.42. The molecule has 0 nitrogen and oxygen atoms in total. The predicted molar refractivity (Wildman–Crippen MR) is 58.5 cm³/mol. The average molecular weight is 223 g/mol. The molecule has 1 aliphatic heterocycles. The van der Waals surface area contributed by atoms with Gasteiger partial charge in [-0.2, -0.15) is 0 Å². The van der Waals surface area contributed by atoms with Gasteiger partial charge in [-0.25, -0.2) is 0 Å². The maximum atomic E-state index is 3.52. The maximum Gasteiger partial charge on any atom is 0.176 e. The fourth-order valence-electron chi connectivity index (χ4n) is 2.08. The van der Waals surface area contributed by atoms with Crippen LogP contribution < -0.4 is 5.46 Å². The molecule has 0 radical (unpaired) electrons. The van der Waals surface area contributed by atoms with Gasteiger partial charge < -0.3 is 0 Å². The van der Waals surface area contributed by atoms with Gasteiger partial charge in [0.2, 0.25) is 0 Å². The minimum atomic E-state index is 0.817. The number of fused-ring (bicyclic) bond motifs is 1. The van der Waals surface area contributed by atoms with Crippen LogP contribution in [0.2, 0.25) is 12.6 Å². The van der Waals surface area contributed by atoms with Gasteiger partial charge >= 0.3 is 0 Å². The zero-order valence-corrected chi connectivity index (χ0v) is 8.89. The topological polar surface area (TPSA) is 0 Å². The van der Waals surface area contributed by atoms with Crippen molar-refractivity contribution in [3.05, 3.63) is 28.2 Å². The molecule has 0 bridgehead atoms. The Bertz CT molecular complexity index is 296. The van der Waals surface area contributed by atoms with E-state index in [4.69, 9.17) is 0 Å². The van der Waals surface area contributed by atoms with Gasteiger partial charge in [-0.1, -0.05) is 58.7 Å². The minimum Gasteiger partial charge on any atom is -0.0758 e. The van der Waals surface area contributed by atoms with Crippen LogP contribution in [-0.4, -0.2) is 6.71 Å². The molecule has 0 aromatic heterocycles. The number of rotatable bonds is 1. The Morgan fingerprint density at radius 2 is 2.33 bits per heavy atom. The first-order chi connectivity index (χ1) is 5.81. The van der Waals surface area contributed by atoms with E-state index in [1.54, 1.807) is 11.0 Å². The van der Waals surface area contributed by atoms with Crippen molar-refractivity contribution in [1.82, 2.24) is 0 Å². The van der Waals surface area contributed by atoms with Crippen LogP contribution in [0.15, 0.2) is 22.7 Å². The van der Waals surface area contributed by atoms with Gasteiger partial charge in [0.15, 0.2) is 6.71 Å².